The van der Waals surface area contributed by atoms with Crippen LogP contribution in [0.2, 0.25) is 0 Å². The summed E-state index contributed by atoms with van der Waals surface area (Å²) in [4.78, 5) is 12.9. The van der Waals surface area contributed by atoms with E-state index < -0.39 is 4.92 Å². The van der Waals surface area contributed by atoms with Gasteiger partial charge in [0.15, 0.2) is 0 Å². The second-order valence-corrected chi connectivity index (χ2v) is 1.40. The first kappa shape index (κ1) is 5.68. The van der Waals surface area contributed by atoms with E-state index in [1.165, 1.54) is 12.1 Å². The monoisotopic (exact) mass is 123 g/mol. The number of aromatic nitrogens is 1. The second-order valence-electron chi connectivity index (χ2n) is 1.40. The molecule has 0 bridgehead atoms. The van der Waals surface area contributed by atoms with E-state index in [1.807, 2.05) is 0 Å². The van der Waals surface area contributed by atoms with Crippen LogP contribution in [-0.4, -0.2) is 9.91 Å². The minimum absolute atomic E-state index is 0.00579. The maximum absolute atomic E-state index is 9.95. The van der Waals surface area contributed by atoms with Crippen LogP contribution in [0.5, 0.6) is 0 Å². The lowest BCUT2D eigenvalue weighted by Gasteiger charge is -1.84. The summed E-state index contributed by atoms with van der Waals surface area (Å²) in [7, 11) is 0. The molecule has 0 unspecified atom stereocenters. The van der Waals surface area contributed by atoms with Gasteiger partial charge in [0.1, 0.15) is 6.20 Å². The Morgan fingerprint density at radius 3 is 2.89 bits per heavy atom. The van der Waals surface area contributed by atoms with Crippen molar-refractivity contribution in [3.05, 3.63) is 34.6 Å². The molecule has 0 aromatic carbocycles. The molecule has 0 N–H and O–H groups in total. The molecule has 0 aliphatic carbocycles. The van der Waals surface area contributed by atoms with Crippen molar-refractivity contribution in [2.45, 2.75) is 0 Å². The zero-order valence-corrected chi connectivity index (χ0v) is 4.44. The minimum atomic E-state index is -0.499. The van der Waals surface area contributed by atoms with Gasteiger partial charge in [-0.2, -0.15) is 0 Å². The van der Waals surface area contributed by atoms with E-state index in [2.05, 4.69) is 11.2 Å². The van der Waals surface area contributed by atoms with Crippen LogP contribution in [0, 0.1) is 16.3 Å². The van der Waals surface area contributed by atoms with Gasteiger partial charge in [-0.25, -0.2) is 4.98 Å². The van der Waals surface area contributed by atoms with Gasteiger partial charge < -0.3 is 0 Å². The lowest BCUT2D eigenvalue weighted by atomic mass is 10.4. The van der Waals surface area contributed by atoms with E-state index in [0.717, 1.165) is 6.20 Å². The highest BCUT2D eigenvalue weighted by molar-refractivity contribution is 5.22. The quantitative estimate of drug-likeness (QED) is 0.409. The summed E-state index contributed by atoms with van der Waals surface area (Å²) in [6.45, 7) is 0. The third-order valence-electron chi connectivity index (χ3n) is 0.811. The van der Waals surface area contributed by atoms with E-state index in [9.17, 15) is 10.1 Å². The van der Waals surface area contributed by atoms with Crippen LogP contribution >= 0.6 is 0 Å². The zero-order valence-electron chi connectivity index (χ0n) is 4.44. The first-order chi connectivity index (χ1) is 4.30. The summed E-state index contributed by atoms with van der Waals surface area (Å²) in [6, 6.07) is 2.74. The van der Waals surface area contributed by atoms with Gasteiger partial charge in [-0.15, -0.1) is 0 Å². The van der Waals surface area contributed by atoms with Gasteiger partial charge in [0.05, 0.1) is 11.1 Å². The van der Waals surface area contributed by atoms with E-state index in [0.29, 0.717) is 0 Å². The Bertz CT molecular complexity index is 209. The second kappa shape index (κ2) is 2.21. The van der Waals surface area contributed by atoms with Crippen LogP contribution in [0.3, 0.4) is 0 Å². The molecule has 45 valence electrons. The normalized spacial score (nSPS) is 8.89. The summed E-state index contributed by atoms with van der Waals surface area (Å²) in [5, 5.41) is 9.95. The van der Waals surface area contributed by atoms with Crippen molar-refractivity contribution in [1.82, 2.24) is 4.98 Å². The van der Waals surface area contributed by atoms with Crippen LogP contribution in [0.4, 0.5) is 5.69 Å². The first-order valence-corrected chi connectivity index (χ1v) is 2.27. The largest absolute Gasteiger partial charge is 0.287 e. The molecule has 0 atom stereocenters. The number of nitrogens with zero attached hydrogens (tertiary/aromatic N) is 2. The molecule has 0 amide bonds. The standard InChI is InChI=1S/C5H3N2O2/c8-7(9)5-2-1-3-6-4-5/h1-2,4H. The highest BCUT2D eigenvalue weighted by Crippen LogP contribution is 2.04. The molecular formula is C5H3N2O2. The SMILES string of the molecule is O=[N+]([O-])c1cc[c]nc1. The fraction of sp³-hybridized carbons (Fsp3) is 0. The Morgan fingerprint density at radius 2 is 2.56 bits per heavy atom. The molecule has 0 saturated heterocycles. The molecule has 4 heteroatoms. The average molecular weight is 123 g/mol. The number of hydrogen-bond acceptors (Lipinski definition) is 3. The maximum Gasteiger partial charge on any atom is 0.287 e. The Hall–Kier alpha value is -1.45. The predicted molar refractivity (Wildman–Crippen MR) is 29.7 cm³/mol. The Kier molecular flexibility index (Phi) is 1.40. The van der Waals surface area contributed by atoms with Crippen LogP contribution in [-0.2, 0) is 0 Å². The van der Waals surface area contributed by atoms with Crippen molar-refractivity contribution in [3.8, 4) is 0 Å². The summed E-state index contributed by atoms with van der Waals surface area (Å²) in [5.74, 6) is 0. The summed E-state index contributed by atoms with van der Waals surface area (Å²) in [6.07, 6.45) is 3.59. The number of rotatable bonds is 1. The topological polar surface area (TPSA) is 56.0 Å². The Labute approximate surface area is 51.3 Å². The lowest BCUT2D eigenvalue weighted by molar-refractivity contribution is -0.385. The van der Waals surface area contributed by atoms with Crippen LogP contribution in [0.15, 0.2) is 18.3 Å². The Morgan fingerprint density at radius 1 is 1.78 bits per heavy atom. The third kappa shape index (κ3) is 1.22. The van der Waals surface area contributed by atoms with Crippen molar-refractivity contribution in [1.29, 1.82) is 0 Å². The number of nitro groups is 1. The smallest absolute Gasteiger partial charge is 0.258 e. The molecule has 1 heterocycles. The zero-order chi connectivity index (χ0) is 6.69. The van der Waals surface area contributed by atoms with Crippen molar-refractivity contribution < 1.29 is 4.92 Å². The molecule has 0 aliphatic rings. The van der Waals surface area contributed by atoms with Gasteiger partial charge >= 0.3 is 0 Å². The van der Waals surface area contributed by atoms with Crippen molar-refractivity contribution >= 4 is 5.69 Å². The fourth-order valence-corrected chi connectivity index (χ4v) is 0.420. The predicted octanol–water partition coefficient (Wildman–Crippen LogP) is 0.790. The van der Waals surface area contributed by atoms with Crippen LogP contribution in [0.1, 0.15) is 0 Å². The fourth-order valence-electron chi connectivity index (χ4n) is 0.420. The van der Waals surface area contributed by atoms with Gasteiger partial charge in [0, 0.05) is 6.07 Å². The molecule has 1 aromatic rings. The molecular weight excluding hydrogens is 120 g/mol. The lowest BCUT2D eigenvalue weighted by Crippen LogP contribution is -1.86. The summed E-state index contributed by atoms with van der Waals surface area (Å²) >= 11 is 0. The first-order valence-electron chi connectivity index (χ1n) is 2.27. The molecule has 0 spiro atoms. The van der Waals surface area contributed by atoms with Crippen molar-refractivity contribution in [2.24, 2.45) is 0 Å². The molecule has 0 aliphatic heterocycles. The van der Waals surface area contributed by atoms with Gasteiger partial charge in [0.25, 0.3) is 5.69 Å². The van der Waals surface area contributed by atoms with Crippen molar-refractivity contribution in [2.75, 3.05) is 0 Å². The molecule has 0 saturated carbocycles. The molecule has 1 radical (unpaired) electrons. The van der Waals surface area contributed by atoms with Gasteiger partial charge in [-0.1, -0.05) is 0 Å². The highest BCUT2D eigenvalue weighted by Gasteiger charge is 2.00. The van der Waals surface area contributed by atoms with E-state index in [-0.39, 0.29) is 5.69 Å². The molecule has 1 rings (SSSR count). The van der Waals surface area contributed by atoms with Crippen LogP contribution < -0.4 is 0 Å². The van der Waals surface area contributed by atoms with Crippen LogP contribution in [0.25, 0.3) is 0 Å². The van der Waals surface area contributed by atoms with E-state index in [4.69, 9.17) is 0 Å². The van der Waals surface area contributed by atoms with E-state index in [1.54, 1.807) is 0 Å². The maximum atomic E-state index is 9.95. The van der Waals surface area contributed by atoms with Crippen molar-refractivity contribution in [3.63, 3.8) is 0 Å². The average Bonchev–Trinajstić information content (AvgIpc) is 1.90. The van der Waals surface area contributed by atoms with Gasteiger partial charge in [0.2, 0.25) is 0 Å². The Balaban J connectivity index is 2.98. The molecule has 0 fully saturated rings. The molecule has 4 nitrogen and oxygen atoms in total. The molecule has 9 heavy (non-hydrogen) atoms. The summed E-state index contributed by atoms with van der Waals surface area (Å²) in [5.41, 5.74) is -0.00579. The summed E-state index contributed by atoms with van der Waals surface area (Å²) < 4.78 is 0. The highest BCUT2D eigenvalue weighted by atomic mass is 16.6. The molecule has 1 aromatic heterocycles. The minimum Gasteiger partial charge on any atom is -0.258 e. The van der Waals surface area contributed by atoms with E-state index >= 15 is 0 Å². The number of hydrogen-bond donors (Lipinski definition) is 0. The number of pyridine rings is 1. The van der Waals surface area contributed by atoms with Gasteiger partial charge in [-0.3, -0.25) is 10.1 Å². The van der Waals surface area contributed by atoms with Gasteiger partial charge in [-0.05, 0) is 6.07 Å². The third-order valence-corrected chi connectivity index (χ3v) is 0.811.